The summed E-state index contributed by atoms with van der Waals surface area (Å²) in [5, 5.41) is 7.74. The van der Waals surface area contributed by atoms with Crippen LogP contribution in [0.3, 0.4) is 0 Å². The quantitative estimate of drug-likeness (QED) is 0.840. The molecule has 6 nitrogen and oxygen atoms in total. The predicted molar refractivity (Wildman–Crippen MR) is 66.2 cm³/mol. The Balaban J connectivity index is 1.65. The number of likely N-dealkylation sites (tertiary alicyclic amines) is 1. The van der Waals surface area contributed by atoms with Gasteiger partial charge in [0.2, 0.25) is 5.89 Å². The van der Waals surface area contributed by atoms with Gasteiger partial charge >= 0.3 is 0 Å². The van der Waals surface area contributed by atoms with Gasteiger partial charge < -0.3 is 4.52 Å². The smallest absolute Gasteiger partial charge is 0.231 e. The molecule has 1 aliphatic rings. The van der Waals surface area contributed by atoms with Crippen molar-refractivity contribution in [1.82, 2.24) is 24.6 Å². The van der Waals surface area contributed by atoms with E-state index in [-0.39, 0.29) is 0 Å². The van der Waals surface area contributed by atoms with Crippen molar-refractivity contribution in [3.63, 3.8) is 0 Å². The molecule has 18 heavy (non-hydrogen) atoms. The number of nitrogens with zero attached hydrogens (tertiary/aromatic N) is 5. The maximum absolute atomic E-state index is 5.28. The minimum atomic E-state index is 0.362. The van der Waals surface area contributed by atoms with Crippen molar-refractivity contribution in [3.8, 4) is 0 Å². The van der Waals surface area contributed by atoms with Crippen molar-refractivity contribution in [2.45, 2.75) is 32.2 Å². The molecule has 3 rings (SSSR count). The summed E-state index contributed by atoms with van der Waals surface area (Å²) in [6, 6.07) is 0. The molecular weight excluding hydrogens is 250 g/mol. The highest BCUT2D eigenvalue weighted by molar-refractivity contribution is 7.05. The lowest BCUT2D eigenvalue weighted by Crippen LogP contribution is -2.33. The summed E-state index contributed by atoms with van der Waals surface area (Å²) in [6.07, 6.45) is 4.13. The van der Waals surface area contributed by atoms with E-state index in [1.54, 1.807) is 0 Å². The summed E-state index contributed by atoms with van der Waals surface area (Å²) in [6.45, 7) is 4.86. The largest absolute Gasteiger partial charge is 0.339 e. The zero-order valence-corrected chi connectivity index (χ0v) is 11.1. The van der Waals surface area contributed by atoms with Gasteiger partial charge in [0.05, 0.1) is 17.0 Å². The minimum absolute atomic E-state index is 0.362. The zero-order chi connectivity index (χ0) is 12.4. The molecule has 1 unspecified atom stereocenters. The first-order valence-electron chi connectivity index (χ1n) is 6.10. The first-order valence-corrected chi connectivity index (χ1v) is 6.87. The van der Waals surface area contributed by atoms with Crippen LogP contribution in [-0.2, 0) is 6.54 Å². The van der Waals surface area contributed by atoms with Crippen molar-refractivity contribution in [3.05, 3.63) is 22.8 Å². The molecular formula is C11H15N5OS. The summed E-state index contributed by atoms with van der Waals surface area (Å²) < 4.78 is 9.17. The maximum atomic E-state index is 5.28. The van der Waals surface area contributed by atoms with E-state index in [0.29, 0.717) is 11.7 Å². The molecule has 2 aromatic rings. The molecule has 1 atom stereocenters. The standard InChI is InChI=1S/C11H15N5OS/c1-8-13-11(17-14-8)9-3-2-4-16(6-9)7-10-5-12-15-18-10/h5,9H,2-4,6-7H2,1H3. The van der Waals surface area contributed by atoms with Gasteiger partial charge in [0.25, 0.3) is 0 Å². The van der Waals surface area contributed by atoms with E-state index in [1.807, 2.05) is 13.1 Å². The molecule has 0 N–H and O–H groups in total. The Kier molecular flexibility index (Phi) is 3.33. The molecule has 7 heteroatoms. The number of rotatable bonds is 3. The minimum Gasteiger partial charge on any atom is -0.339 e. The Bertz CT molecular complexity index is 497. The summed E-state index contributed by atoms with van der Waals surface area (Å²) in [5.74, 6) is 1.86. The first-order chi connectivity index (χ1) is 8.81. The summed E-state index contributed by atoms with van der Waals surface area (Å²) in [5.41, 5.74) is 0. The normalized spacial score (nSPS) is 21.3. The van der Waals surface area contributed by atoms with Crippen molar-refractivity contribution in [1.29, 1.82) is 0 Å². The SMILES string of the molecule is Cc1noc(C2CCCN(Cc3cnns3)C2)n1. The summed E-state index contributed by atoms with van der Waals surface area (Å²) >= 11 is 1.46. The molecule has 0 radical (unpaired) electrons. The topological polar surface area (TPSA) is 67.9 Å². The van der Waals surface area contributed by atoms with Crippen LogP contribution < -0.4 is 0 Å². The van der Waals surface area contributed by atoms with Crippen molar-refractivity contribution in [2.24, 2.45) is 0 Å². The van der Waals surface area contributed by atoms with Gasteiger partial charge in [0.1, 0.15) is 0 Å². The van der Waals surface area contributed by atoms with E-state index in [4.69, 9.17) is 4.52 Å². The molecule has 0 spiro atoms. The highest BCUT2D eigenvalue weighted by atomic mass is 32.1. The van der Waals surface area contributed by atoms with Crippen LogP contribution in [-0.4, -0.2) is 37.7 Å². The number of aromatic nitrogens is 4. The van der Waals surface area contributed by atoms with Crippen LogP contribution in [0.15, 0.2) is 10.7 Å². The van der Waals surface area contributed by atoms with E-state index in [0.717, 1.165) is 31.9 Å². The second kappa shape index (κ2) is 5.11. The lowest BCUT2D eigenvalue weighted by molar-refractivity contribution is 0.181. The second-order valence-corrected chi connectivity index (χ2v) is 5.51. The molecule has 1 fully saturated rings. The lowest BCUT2D eigenvalue weighted by Gasteiger charge is -2.30. The monoisotopic (exact) mass is 265 g/mol. The third-order valence-corrected chi connectivity index (χ3v) is 3.83. The average Bonchev–Trinajstić information content (AvgIpc) is 3.01. The molecule has 1 saturated heterocycles. The van der Waals surface area contributed by atoms with E-state index < -0.39 is 0 Å². The number of hydrogen-bond donors (Lipinski definition) is 0. The fourth-order valence-corrected chi connectivity index (χ4v) is 2.89. The molecule has 0 bridgehead atoms. The summed E-state index contributed by atoms with van der Waals surface area (Å²) in [7, 11) is 0. The van der Waals surface area contributed by atoms with Crippen LogP contribution in [0.4, 0.5) is 0 Å². The van der Waals surface area contributed by atoms with E-state index in [9.17, 15) is 0 Å². The first kappa shape index (κ1) is 11.7. The predicted octanol–water partition coefficient (Wildman–Crippen LogP) is 1.61. The Morgan fingerprint density at radius 3 is 3.22 bits per heavy atom. The van der Waals surface area contributed by atoms with Crippen LogP contribution in [0.2, 0.25) is 0 Å². The third-order valence-electron chi connectivity index (χ3n) is 3.18. The molecule has 0 aromatic carbocycles. The fourth-order valence-electron chi connectivity index (χ4n) is 2.36. The van der Waals surface area contributed by atoms with Crippen molar-refractivity contribution >= 4 is 11.5 Å². The third kappa shape index (κ3) is 2.56. The second-order valence-electron chi connectivity index (χ2n) is 4.64. The molecule has 2 aromatic heterocycles. The number of hydrogen-bond acceptors (Lipinski definition) is 7. The summed E-state index contributed by atoms with van der Waals surface area (Å²) in [4.78, 5) is 7.95. The van der Waals surface area contributed by atoms with Gasteiger partial charge in [-0.25, -0.2) is 0 Å². The highest BCUT2D eigenvalue weighted by Crippen LogP contribution is 2.26. The zero-order valence-electron chi connectivity index (χ0n) is 10.2. The van der Waals surface area contributed by atoms with Crippen LogP contribution in [0.25, 0.3) is 0 Å². The van der Waals surface area contributed by atoms with Gasteiger partial charge in [-0.05, 0) is 37.8 Å². The Morgan fingerprint density at radius 2 is 2.50 bits per heavy atom. The molecule has 96 valence electrons. The van der Waals surface area contributed by atoms with Gasteiger partial charge in [-0.15, -0.1) is 5.10 Å². The van der Waals surface area contributed by atoms with Gasteiger partial charge in [-0.2, -0.15) is 4.98 Å². The van der Waals surface area contributed by atoms with Gasteiger partial charge in [0, 0.05) is 13.1 Å². The van der Waals surface area contributed by atoms with Crippen LogP contribution >= 0.6 is 11.5 Å². The number of piperidine rings is 1. The van der Waals surface area contributed by atoms with Crippen LogP contribution in [0.5, 0.6) is 0 Å². The van der Waals surface area contributed by atoms with Crippen LogP contribution in [0, 0.1) is 6.92 Å². The Hall–Kier alpha value is -1.34. The van der Waals surface area contributed by atoms with E-state index in [1.165, 1.54) is 22.8 Å². The Morgan fingerprint density at radius 1 is 1.56 bits per heavy atom. The molecule has 0 saturated carbocycles. The highest BCUT2D eigenvalue weighted by Gasteiger charge is 2.25. The Labute approximate surface area is 109 Å². The molecule has 0 amide bonds. The van der Waals surface area contributed by atoms with Crippen LogP contribution in [0.1, 0.15) is 35.4 Å². The average molecular weight is 265 g/mol. The van der Waals surface area contributed by atoms with E-state index >= 15 is 0 Å². The molecule has 3 heterocycles. The number of aryl methyl sites for hydroxylation is 1. The van der Waals surface area contributed by atoms with Crippen molar-refractivity contribution in [2.75, 3.05) is 13.1 Å². The lowest BCUT2D eigenvalue weighted by atomic mass is 9.98. The van der Waals surface area contributed by atoms with E-state index in [2.05, 4.69) is 24.6 Å². The molecule has 1 aliphatic heterocycles. The van der Waals surface area contributed by atoms with Gasteiger partial charge in [-0.1, -0.05) is 9.64 Å². The van der Waals surface area contributed by atoms with Crippen molar-refractivity contribution < 1.29 is 4.52 Å². The fraction of sp³-hybridized carbons (Fsp3) is 0.636. The van der Waals surface area contributed by atoms with Gasteiger partial charge in [0.15, 0.2) is 5.82 Å². The molecule has 0 aliphatic carbocycles. The van der Waals surface area contributed by atoms with Gasteiger partial charge in [-0.3, -0.25) is 4.90 Å². The maximum Gasteiger partial charge on any atom is 0.231 e.